The molecule has 0 unspecified atom stereocenters. The van der Waals surface area contributed by atoms with E-state index in [-0.39, 0.29) is 5.91 Å². The number of carbonyl (C=O) groups is 1. The fraction of sp³-hybridized carbons (Fsp3) is 0.120. The number of carbonyl (C=O) groups excluding carboxylic acids is 1. The number of amides is 1. The maximum absolute atomic E-state index is 12.6. The summed E-state index contributed by atoms with van der Waals surface area (Å²) in [5.74, 6) is 1.48. The summed E-state index contributed by atoms with van der Waals surface area (Å²) in [5.41, 5.74) is 4.69. The third-order valence-electron chi connectivity index (χ3n) is 5.60. The Morgan fingerprint density at radius 1 is 1.09 bits per heavy atom. The number of thiophene rings is 1. The SMILES string of the molecule is Cc1nnc(-c2nn(-c3ccc(C(=O)NCc4cccs4)cc3)c3c2COc2ccccc2-3)o1. The summed E-state index contributed by atoms with van der Waals surface area (Å²) < 4.78 is 13.5. The van der Waals surface area contributed by atoms with Gasteiger partial charge in [-0.2, -0.15) is 5.10 Å². The van der Waals surface area contributed by atoms with Crippen LogP contribution in [0.2, 0.25) is 0 Å². The highest BCUT2D eigenvalue weighted by Gasteiger charge is 2.29. The average molecular weight is 470 g/mol. The summed E-state index contributed by atoms with van der Waals surface area (Å²) in [4.78, 5) is 13.7. The second-order valence-corrected chi connectivity index (χ2v) is 8.84. The van der Waals surface area contributed by atoms with E-state index in [4.69, 9.17) is 14.3 Å². The molecular weight excluding hydrogens is 450 g/mol. The monoisotopic (exact) mass is 469 g/mol. The summed E-state index contributed by atoms with van der Waals surface area (Å²) >= 11 is 1.62. The number of benzene rings is 2. The molecule has 1 aliphatic rings. The van der Waals surface area contributed by atoms with Crippen LogP contribution in [0.15, 0.2) is 70.5 Å². The first kappa shape index (κ1) is 20.4. The van der Waals surface area contributed by atoms with Crippen molar-refractivity contribution in [2.75, 3.05) is 0 Å². The number of para-hydroxylation sites is 1. The Labute approximate surface area is 198 Å². The Kier molecular flexibility index (Phi) is 4.96. The Bertz CT molecular complexity index is 1490. The summed E-state index contributed by atoms with van der Waals surface area (Å²) in [6.07, 6.45) is 0. The van der Waals surface area contributed by atoms with E-state index in [1.165, 1.54) is 0 Å². The minimum atomic E-state index is -0.122. The lowest BCUT2D eigenvalue weighted by Crippen LogP contribution is -2.22. The van der Waals surface area contributed by atoms with Crippen LogP contribution in [-0.4, -0.2) is 25.9 Å². The van der Waals surface area contributed by atoms with Crippen LogP contribution >= 0.6 is 11.3 Å². The van der Waals surface area contributed by atoms with Crippen molar-refractivity contribution < 1.29 is 13.9 Å². The molecule has 9 heteroatoms. The van der Waals surface area contributed by atoms with Gasteiger partial charge in [-0.15, -0.1) is 21.5 Å². The molecule has 168 valence electrons. The van der Waals surface area contributed by atoms with Crippen LogP contribution in [0.1, 0.15) is 26.7 Å². The van der Waals surface area contributed by atoms with Crippen LogP contribution in [0.5, 0.6) is 5.75 Å². The first-order valence-electron chi connectivity index (χ1n) is 10.7. The minimum Gasteiger partial charge on any atom is -0.488 e. The average Bonchev–Trinajstić information content (AvgIpc) is 3.62. The van der Waals surface area contributed by atoms with Crippen molar-refractivity contribution in [1.29, 1.82) is 0 Å². The van der Waals surface area contributed by atoms with Gasteiger partial charge in [0.15, 0.2) is 5.69 Å². The van der Waals surface area contributed by atoms with Gasteiger partial charge in [0.05, 0.1) is 17.9 Å². The molecule has 0 radical (unpaired) electrons. The lowest BCUT2D eigenvalue weighted by Gasteiger charge is -2.19. The molecule has 1 aliphatic heterocycles. The predicted molar refractivity (Wildman–Crippen MR) is 127 cm³/mol. The molecule has 6 rings (SSSR count). The molecule has 1 amide bonds. The molecule has 0 aliphatic carbocycles. The van der Waals surface area contributed by atoms with Crippen LogP contribution in [0, 0.1) is 6.92 Å². The molecule has 8 nitrogen and oxygen atoms in total. The molecule has 0 saturated heterocycles. The van der Waals surface area contributed by atoms with Gasteiger partial charge in [0.1, 0.15) is 12.4 Å². The molecule has 5 aromatic rings. The van der Waals surface area contributed by atoms with E-state index in [1.54, 1.807) is 30.4 Å². The Morgan fingerprint density at radius 3 is 2.71 bits per heavy atom. The van der Waals surface area contributed by atoms with Crippen LogP contribution in [0.4, 0.5) is 0 Å². The first-order valence-corrected chi connectivity index (χ1v) is 11.6. The lowest BCUT2D eigenvalue weighted by atomic mass is 10.0. The number of aromatic nitrogens is 4. The van der Waals surface area contributed by atoms with Gasteiger partial charge in [0.2, 0.25) is 5.89 Å². The smallest absolute Gasteiger partial charge is 0.268 e. The van der Waals surface area contributed by atoms with E-state index in [9.17, 15) is 4.79 Å². The van der Waals surface area contributed by atoms with Gasteiger partial charge in [-0.05, 0) is 47.8 Å². The number of nitrogens with zero attached hydrogens (tertiary/aromatic N) is 4. The van der Waals surface area contributed by atoms with Crippen LogP contribution < -0.4 is 10.1 Å². The van der Waals surface area contributed by atoms with Gasteiger partial charge in [-0.25, -0.2) is 4.68 Å². The minimum absolute atomic E-state index is 0.122. The molecule has 0 saturated carbocycles. The normalized spacial score (nSPS) is 12.0. The third-order valence-corrected chi connectivity index (χ3v) is 6.48. The van der Waals surface area contributed by atoms with Gasteiger partial charge in [0.25, 0.3) is 11.8 Å². The highest BCUT2D eigenvalue weighted by molar-refractivity contribution is 7.09. The zero-order valence-electron chi connectivity index (χ0n) is 18.2. The Hall–Kier alpha value is -4.24. The lowest BCUT2D eigenvalue weighted by molar-refractivity contribution is 0.0951. The Balaban J connectivity index is 1.38. The number of fused-ring (bicyclic) bond motifs is 3. The van der Waals surface area contributed by atoms with E-state index < -0.39 is 0 Å². The summed E-state index contributed by atoms with van der Waals surface area (Å²) in [5, 5.41) is 17.9. The van der Waals surface area contributed by atoms with Crippen molar-refractivity contribution in [1.82, 2.24) is 25.3 Å². The van der Waals surface area contributed by atoms with Crippen molar-refractivity contribution in [3.63, 3.8) is 0 Å². The fourth-order valence-corrected chi connectivity index (χ4v) is 4.63. The quantitative estimate of drug-likeness (QED) is 0.398. The molecule has 4 heterocycles. The van der Waals surface area contributed by atoms with Crippen molar-refractivity contribution in [3.8, 4) is 34.3 Å². The van der Waals surface area contributed by atoms with Crippen LogP contribution in [0.25, 0.3) is 28.5 Å². The van der Waals surface area contributed by atoms with E-state index >= 15 is 0 Å². The highest BCUT2D eigenvalue weighted by Crippen LogP contribution is 2.42. The maximum atomic E-state index is 12.6. The van der Waals surface area contributed by atoms with Gasteiger partial charge < -0.3 is 14.5 Å². The molecule has 0 bridgehead atoms. The summed E-state index contributed by atoms with van der Waals surface area (Å²) in [6, 6.07) is 19.2. The topological polar surface area (TPSA) is 95.1 Å². The van der Waals surface area contributed by atoms with Gasteiger partial charge in [-0.3, -0.25) is 4.79 Å². The first-order chi connectivity index (χ1) is 16.7. The number of aryl methyl sites for hydroxylation is 1. The molecule has 0 atom stereocenters. The van der Waals surface area contributed by atoms with Crippen LogP contribution in [-0.2, 0) is 13.2 Å². The van der Waals surface area contributed by atoms with E-state index in [1.807, 2.05) is 58.6 Å². The molecule has 3 aromatic heterocycles. The van der Waals surface area contributed by atoms with Gasteiger partial charge in [0, 0.05) is 28.5 Å². The van der Waals surface area contributed by atoms with E-state index in [0.29, 0.717) is 36.2 Å². The molecule has 0 fully saturated rings. The Morgan fingerprint density at radius 2 is 1.94 bits per heavy atom. The van der Waals surface area contributed by atoms with E-state index in [2.05, 4.69) is 15.5 Å². The zero-order valence-corrected chi connectivity index (χ0v) is 19.0. The number of nitrogens with one attached hydrogen (secondary N) is 1. The number of ether oxygens (including phenoxy) is 1. The molecular formula is C25H19N5O3S. The molecule has 1 N–H and O–H groups in total. The zero-order chi connectivity index (χ0) is 23.1. The maximum Gasteiger partial charge on any atom is 0.268 e. The van der Waals surface area contributed by atoms with Crippen molar-refractivity contribution in [2.24, 2.45) is 0 Å². The fourth-order valence-electron chi connectivity index (χ4n) is 3.99. The standard InChI is InChI=1S/C25H19N5O3S/c1-15-27-28-25(33-15)22-20-14-32-21-7-3-2-6-19(21)23(20)30(29-22)17-10-8-16(9-11-17)24(31)26-13-18-5-4-12-34-18/h2-12H,13-14H2,1H3,(H,26,31). The van der Waals surface area contributed by atoms with Crippen molar-refractivity contribution >= 4 is 17.2 Å². The second-order valence-electron chi connectivity index (χ2n) is 7.81. The van der Waals surface area contributed by atoms with Crippen LogP contribution in [0.3, 0.4) is 0 Å². The van der Waals surface area contributed by atoms with Gasteiger partial charge >= 0.3 is 0 Å². The van der Waals surface area contributed by atoms with E-state index in [0.717, 1.165) is 33.1 Å². The molecule has 34 heavy (non-hydrogen) atoms. The number of rotatable bonds is 5. The van der Waals surface area contributed by atoms with Crippen molar-refractivity contribution in [2.45, 2.75) is 20.1 Å². The third kappa shape index (κ3) is 3.56. The summed E-state index contributed by atoms with van der Waals surface area (Å²) in [6.45, 7) is 2.59. The second kappa shape index (κ2) is 8.27. The van der Waals surface area contributed by atoms with Crippen molar-refractivity contribution in [3.05, 3.63) is 87.9 Å². The summed E-state index contributed by atoms with van der Waals surface area (Å²) in [7, 11) is 0. The van der Waals surface area contributed by atoms with Gasteiger partial charge in [-0.1, -0.05) is 18.2 Å². The number of hydrogen-bond donors (Lipinski definition) is 1. The predicted octanol–water partition coefficient (Wildman–Crippen LogP) is 4.78. The highest BCUT2D eigenvalue weighted by atomic mass is 32.1. The number of hydrogen-bond acceptors (Lipinski definition) is 7. The largest absolute Gasteiger partial charge is 0.488 e. The molecule has 2 aromatic carbocycles. The molecule has 0 spiro atoms.